The summed E-state index contributed by atoms with van der Waals surface area (Å²) in [5.74, 6) is -2.66. The fourth-order valence-corrected chi connectivity index (χ4v) is 4.25. The molecule has 1 heterocycles. The number of anilines is 1. The highest BCUT2D eigenvalue weighted by molar-refractivity contribution is 6.36. The number of fused-ring (bicyclic) bond motifs is 1. The molecule has 4 aromatic rings. The number of rotatable bonds is 9. The van der Waals surface area contributed by atoms with E-state index in [1.165, 1.54) is 84.9 Å². The Balaban J connectivity index is 1.27. The lowest BCUT2D eigenvalue weighted by atomic mass is 10.1. The Morgan fingerprint density at radius 2 is 1.38 bits per heavy atom. The van der Waals surface area contributed by atoms with Crippen LogP contribution in [-0.4, -0.2) is 40.0 Å². The highest BCUT2D eigenvalue weighted by Gasteiger charge is 2.43. The number of ketones is 1. The molecular formula is C29H17N3O10. The fraction of sp³-hybridized carbons (Fsp3) is 0.0345. The number of Topliss-reactive ketones (excluding diaryl/α,β-unsaturated/α-hetero) is 1. The first kappa shape index (κ1) is 27.3. The molecule has 0 N–H and O–H groups in total. The van der Waals surface area contributed by atoms with Gasteiger partial charge in [0.15, 0.2) is 12.4 Å². The number of esters is 1. The van der Waals surface area contributed by atoms with Crippen LogP contribution in [-0.2, 0) is 4.74 Å². The maximum atomic E-state index is 13.1. The SMILES string of the molecule is O=C(COC(=O)c1ccccc1N1C(=O)c2cccc([N+](=O)[O-])c2C1=O)c1ccc(Oc2ccc([N+](=O)[O-])cc2)cc1. The van der Waals surface area contributed by atoms with Gasteiger partial charge in [0.2, 0.25) is 0 Å². The van der Waals surface area contributed by atoms with Gasteiger partial charge in [0.05, 0.1) is 26.7 Å². The average Bonchev–Trinajstić information content (AvgIpc) is 3.25. The second-order valence-electron chi connectivity index (χ2n) is 8.80. The van der Waals surface area contributed by atoms with Gasteiger partial charge in [-0.15, -0.1) is 0 Å². The summed E-state index contributed by atoms with van der Waals surface area (Å²) in [5, 5.41) is 22.2. The predicted octanol–water partition coefficient (Wildman–Crippen LogP) is 5.14. The summed E-state index contributed by atoms with van der Waals surface area (Å²) < 4.78 is 10.8. The Hall–Kier alpha value is -6.24. The molecule has 0 saturated carbocycles. The number of ether oxygens (including phenoxy) is 2. The molecule has 0 radical (unpaired) electrons. The number of para-hydroxylation sites is 1. The number of carbonyl (C=O) groups is 4. The molecule has 0 aromatic heterocycles. The van der Waals surface area contributed by atoms with Crippen LogP contribution >= 0.6 is 0 Å². The summed E-state index contributed by atoms with van der Waals surface area (Å²) in [6.45, 7) is -0.663. The van der Waals surface area contributed by atoms with Crippen LogP contribution in [0, 0.1) is 20.2 Å². The van der Waals surface area contributed by atoms with Crippen LogP contribution in [0.25, 0.3) is 0 Å². The molecule has 42 heavy (non-hydrogen) atoms. The highest BCUT2D eigenvalue weighted by Crippen LogP contribution is 2.35. The number of imide groups is 1. The van der Waals surface area contributed by atoms with Gasteiger partial charge in [-0.25, -0.2) is 9.69 Å². The summed E-state index contributed by atoms with van der Waals surface area (Å²) in [7, 11) is 0. The Kier molecular flexibility index (Phi) is 7.22. The number of nitro benzene ring substituents is 2. The molecule has 13 nitrogen and oxygen atoms in total. The van der Waals surface area contributed by atoms with Crippen molar-refractivity contribution in [2.24, 2.45) is 0 Å². The number of hydrogen-bond donors (Lipinski definition) is 0. The van der Waals surface area contributed by atoms with Crippen molar-refractivity contribution in [3.05, 3.63) is 133 Å². The molecule has 0 bridgehead atoms. The van der Waals surface area contributed by atoms with Crippen molar-refractivity contribution in [2.75, 3.05) is 11.5 Å². The standard InChI is InChI=1S/C29H17N3O10/c33-25(17-8-12-19(13-9-17)42-20-14-10-18(11-15-20)31(37)38)16-41-29(36)21-4-1-2-6-23(21)30-27(34)22-5-3-7-24(32(39)40)26(22)28(30)35/h1-15H,16H2. The molecule has 13 heteroatoms. The zero-order valence-corrected chi connectivity index (χ0v) is 21.3. The smallest absolute Gasteiger partial charge is 0.340 e. The van der Waals surface area contributed by atoms with Crippen LogP contribution < -0.4 is 9.64 Å². The molecular weight excluding hydrogens is 550 g/mol. The molecule has 0 fully saturated rings. The normalized spacial score (nSPS) is 12.0. The third-order valence-corrected chi connectivity index (χ3v) is 6.25. The fourth-order valence-electron chi connectivity index (χ4n) is 4.25. The molecule has 1 aliphatic heterocycles. The lowest BCUT2D eigenvalue weighted by Gasteiger charge is -2.17. The van der Waals surface area contributed by atoms with Crippen molar-refractivity contribution in [1.29, 1.82) is 0 Å². The number of nitro groups is 2. The van der Waals surface area contributed by atoms with Crippen LogP contribution in [0.4, 0.5) is 17.1 Å². The zero-order chi connectivity index (χ0) is 30.0. The number of amides is 2. The highest BCUT2D eigenvalue weighted by atomic mass is 16.6. The number of non-ortho nitro benzene ring substituents is 1. The van der Waals surface area contributed by atoms with E-state index in [1.807, 2.05) is 0 Å². The van der Waals surface area contributed by atoms with Crippen molar-refractivity contribution >= 4 is 40.6 Å². The minimum atomic E-state index is -0.997. The van der Waals surface area contributed by atoms with Crippen molar-refractivity contribution in [3.8, 4) is 11.5 Å². The van der Waals surface area contributed by atoms with Gasteiger partial charge in [-0.1, -0.05) is 18.2 Å². The first-order valence-electron chi connectivity index (χ1n) is 12.1. The molecule has 208 valence electrons. The summed E-state index contributed by atoms with van der Waals surface area (Å²) in [6.07, 6.45) is 0. The van der Waals surface area contributed by atoms with Gasteiger partial charge in [-0.05, 0) is 54.6 Å². The first-order chi connectivity index (χ1) is 20.2. The Morgan fingerprint density at radius 1 is 0.738 bits per heavy atom. The average molecular weight is 567 g/mol. The van der Waals surface area contributed by atoms with E-state index in [0.717, 1.165) is 6.07 Å². The largest absolute Gasteiger partial charge is 0.457 e. The van der Waals surface area contributed by atoms with E-state index in [1.54, 1.807) is 0 Å². The second kappa shape index (κ2) is 11.1. The molecule has 4 aromatic carbocycles. The van der Waals surface area contributed by atoms with Gasteiger partial charge in [0.1, 0.15) is 17.1 Å². The molecule has 0 saturated heterocycles. The first-order valence-corrected chi connectivity index (χ1v) is 12.1. The van der Waals surface area contributed by atoms with Crippen molar-refractivity contribution < 1.29 is 38.5 Å². The monoisotopic (exact) mass is 567 g/mol. The molecule has 0 atom stereocenters. The molecule has 1 aliphatic rings. The van der Waals surface area contributed by atoms with Crippen LogP contribution in [0.3, 0.4) is 0 Å². The number of benzene rings is 4. The van der Waals surface area contributed by atoms with Crippen molar-refractivity contribution in [3.63, 3.8) is 0 Å². The van der Waals surface area contributed by atoms with Gasteiger partial charge in [0, 0.05) is 23.8 Å². The summed E-state index contributed by atoms with van der Waals surface area (Å²) in [5.41, 5.74) is -1.34. The van der Waals surface area contributed by atoms with E-state index in [9.17, 15) is 39.4 Å². The summed E-state index contributed by atoms with van der Waals surface area (Å²) in [6, 6.07) is 20.5. The zero-order valence-electron chi connectivity index (χ0n) is 21.3. The quantitative estimate of drug-likeness (QED) is 0.0865. The Bertz CT molecular complexity index is 1780. The number of carbonyl (C=O) groups excluding carboxylic acids is 4. The van der Waals surface area contributed by atoms with Gasteiger partial charge in [-0.3, -0.25) is 34.6 Å². The molecule has 0 unspecified atom stereocenters. The molecule has 5 rings (SSSR count). The third kappa shape index (κ3) is 5.16. The minimum Gasteiger partial charge on any atom is -0.457 e. The van der Waals surface area contributed by atoms with Gasteiger partial charge < -0.3 is 9.47 Å². The maximum Gasteiger partial charge on any atom is 0.340 e. The Labute approximate surface area is 235 Å². The van der Waals surface area contributed by atoms with E-state index in [4.69, 9.17) is 9.47 Å². The molecule has 2 amide bonds. The van der Waals surface area contributed by atoms with E-state index >= 15 is 0 Å². The maximum absolute atomic E-state index is 13.1. The lowest BCUT2D eigenvalue weighted by molar-refractivity contribution is -0.385. The van der Waals surface area contributed by atoms with Gasteiger partial charge in [-0.2, -0.15) is 0 Å². The second-order valence-corrected chi connectivity index (χ2v) is 8.80. The number of nitrogens with zero attached hydrogens (tertiary/aromatic N) is 3. The molecule has 0 spiro atoms. The summed E-state index contributed by atoms with van der Waals surface area (Å²) in [4.78, 5) is 73.3. The van der Waals surface area contributed by atoms with E-state index in [2.05, 4.69) is 0 Å². The van der Waals surface area contributed by atoms with Crippen LogP contribution in [0.15, 0.2) is 91.0 Å². The minimum absolute atomic E-state index is 0.0897. The van der Waals surface area contributed by atoms with E-state index < -0.39 is 45.7 Å². The Morgan fingerprint density at radius 3 is 2.02 bits per heavy atom. The third-order valence-electron chi connectivity index (χ3n) is 6.25. The molecule has 0 aliphatic carbocycles. The van der Waals surface area contributed by atoms with Crippen LogP contribution in [0.2, 0.25) is 0 Å². The van der Waals surface area contributed by atoms with Gasteiger partial charge in [0.25, 0.3) is 23.2 Å². The van der Waals surface area contributed by atoms with Crippen LogP contribution in [0.5, 0.6) is 11.5 Å². The lowest BCUT2D eigenvalue weighted by Crippen LogP contribution is -2.31. The topological polar surface area (TPSA) is 176 Å². The van der Waals surface area contributed by atoms with E-state index in [0.29, 0.717) is 16.4 Å². The summed E-state index contributed by atoms with van der Waals surface area (Å²) >= 11 is 0. The van der Waals surface area contributed by atoms with Crippen molar-refractivity contribution in [1.82, 2.24) is 0 Å². The van der Waals surface area contributed by atoms with Crippen LogP contribution in [0.1, 0.15) is 41.4 Å². The van der Waals surface area contributed by atoms with Gasteiger partial charge >= 0.3 is 5.97 Å². The predicted molar refractivity (Wildman–Crippen MR) is 145 cm³/mol. The van der Waals surface area contributed by atoms with Crippen molar-refractivity contribution in [2.45, 2.75) is 0 Å². The van der Waals surface area contributed by atoms with E-state index in [-0.39, 0.29) is 33.6 Å². The number of hydrogen-bond acceptors (Lipinski definition) is 10.